The van der Waals surface area contributed by atoms with Gasteiger partial charge in [-0.2, -0.15) is 0 Å². The maximum atomic E-state index is 11.7. The van der Waals surface area contributed by atoms with Crippen molar-refractivity contribution in [2.45, 2.75) is 31.9 Å². The third-order valence-electron chi connectivity index (χ3n) is 2.51. The molecule has 1 amide bonds. The molecule has 1 rings (SSSR count). The SMILES string of the molecule is CCOC(C)CNC(=O)C1(N)CCOC1. The van der Waals surface area contributed by atoms with E-state index in [1.54, 1.807) is 0 Å². The second kappa shape index (κ2) is 5.44. The summed E-state index contributed by atoms with van der Waals surface area (Å²) in [7, 11) is 0. The number of hydrogen-bond donors (Lipinski definition) is 2. The van der Waals surface area contributed by atoms with Crippen LogP contribution in [0.3, 0.4) is 0 Å². The van der Waals surface area contributed by atoms with Crippen LogP contribution in [0.1, 0.15) is 20.3 Å². The van der Waals surface area contributed by atoms with Crippen LogP contribution in [0.5, 0.6) is 0 Å². The van der Waals surface area contributed by atoms with Crippen molar-refractivity contribution in [3.63, 3.8) is 0 Å². The summed E-state index contributed by atoms with van der Waals surface area (Å²) in [5.74, 6) is -0.147. The zero-order valence-electron chi connectivity index (χ0n) is 9.41. The van der Waals surface area contributed by atoms with Crippen LogP contribution in [0, 0.1) is 0 Å². The molecule has 0 spiro atoms. The van der Waals surface area contributed by atoms with Gasteiger partial charge in [-0.15, -0.1) is 0 Å². The molecular formula is C10H20N2O3. The molecule has 0 aliphatic carbocycles. The van der Waals surface area contributed by atoms with Gasteiger partial charge in [0, 0.05) is 19.8 Å². The molecule has 0 saturated carbocycles. The monoisotopic (exact) mass is 216 g/mol. The molecule has 0 aromatic carbocycles. The molecule has 1 heterocycles. The molecular weight excluding hydrogens is 196 g/mol. The first-order valence-electron chi connectivity index (χ1n) is 5.35. The zero-order valence-corrected chi connectivity index (χ0v) is 9.41. The number of amides is 1. The van der Waals surface area contributed by atoms with E-state index in [2.05, 4.69) is 5.32 Å². The lowest BCUT2D eigenvalue weighted by molar-refractivity contribution is -0.126. The fourth-order valence-corrected chi connectivity index (χ4v) is 1.52. The quantitative estimate of drug-likeness (QED) is 0.658. The lowest BCUT2D eigenvalue weighted by Crippen LogP contribution is -2.55. The van der Waals surface area contributed by atoms with Gasteiger partial charge in [0.05, 0.1) is 12.7 Å². The molecule has 0 bridgehead atoms. The summed E-state index contributed by atoms with van der Waals surface area (Å²) in [5, 5.41) is 2.78. The van der Waals surface area contributed by atoms with Crippen molar-refractivity contribution in [3.8, 4) is 0 Å². The Morgan fingerprint density at radius 1 is 1.73 bits per heavy atom. The topological polar surface area (TPSA) is 73.6 Å². The lowest BCUT2D eigenvalue weighted by atomic mass is 9.99. The zero-order chi connectivity index (χ0) is 11.3. The Hall–Kier alpha value is -0.650. The van der Waals surface area contributed by atoms with Gasteiger partial charge in [0.25, 0.3) is 0 Å². The van der Waals surface area contributed by atoms with Gasteiger partial charge in [0.1, 0.15) is 5.54 Å². The van der Waals surface area contributed by atoms with Gasteiger partial charge in [-0.25, -0.2) is 0 Å². The van der Waals surface area contributed by atoms with E-state index in [0.717, 1.165) is 0 Å². The Labute approximate surface area is 90.3 Å². The molecule has 2 unspecified atom stereocenters. The lowest BCUT2D eigenvalue weighted by Gasteiger charge is -2.22. The maximum absolute atomic E-state index is 11.7. The molecule has 1 aliphatic rings. The van der Waals surface area contributed by atoms with Crippen LogP contribution >= 0.6 is 0 Å². The average Bonchev–Trinajstić information content (AvgIpc) is 2.63. The number of nitrogens with one attached hydrogen (secondary N) is 1. The predicted octanol–water partition coefficient (Wildman–Crippen LogP) is -0.355. The minimum absolute atomic E-state index is 0.0184. The number of carbonyl (C=O) groups excluding carboxylic acids is 1. The van der Waals surface area contributed by atoms with Gasteiger partial charge in [0.2, 0.25) is 5.91 Å². The number of rotatable bonds is 5. The molecule has 1 fully saturated rings. The number of nitrogens with two attached hydrogens (primary N) is 1. The van der Waals surface area contributed by atoms with Gasteiger partial charge >= 0.3 is 0 Å². The summed E-state index contributed by atoms with van der Waals surface area (Å²) in [6, 6.07) is 0. The second-order valence-electron chi connectivity index (χ2n) is 3.93. The summed E-state index contributed by atoms with van der Waals surface area (Å²) in [5.41, 5.74) is 5.04. The first-order chi connectivity index (χ1) is 7.08. The summed E-state index contributed by atoms with van der Waals surface area (Å²) >= 11 is 0. The minimum atomic E-state index is -0.841. The summed E-state index contributed by atoms with van der Waals surface area (Å²) < 4.78 is 10.4. The fourth-order valence-electron chi connectivity index (χ4n) is 1.52. The average molecular weight is 216 g/mol. The van der Waals surface area contributed by atoms with Crippen molar-refractivity contribution in [2.75, 3.05) is 26.4 Å². The van der Waals surface area contributed by atoms with Crippen LogP contribution in [0.2, 0.25) is 0 Å². The molecule has 3 N–H and O–H groups in total. The van der Waals surface area contributed by atoms with E-state index < -0.39 is 5.54 Å². The van der Waals surface area contributed by atoms with Crippen LogP contribution in [0.4, 0.5) is 0 Å². The van der Waals surface area contributed by atoms with Crippen molar-refractivity contribution in [3.05, 3.63) is 0 Å². The van der Waals surface area contributed by atoms with Crippen LogP contribution in [-0.2, 0) is 14.3 Å². The first-order valence-corrected chi connectivity index (χ1v) is 5.35. The van der Waals surface area contributed by atoms with Gasteiger partial charge in [-0.1, -0.05) is 0 Å². The molecule has 1 saturated heterocycles. The summed E-state index contributed by atoms with van der Waals surface area (Å²) in [4.78, 5) is 11.7. The molecule has 5 heteroatoms. The van der Waals surface area contributed by atoms with E-state index >= 15 is 0 Å². The van der Waals surface area contributed by atoms with Crippen LogP contribution in [-0.4, -0.2) is 43.9 Å². The minimum Gasteiger partial charge on any atom is -0.379 e. The maximum Gasteiger partial charge on any atom is 0.242 e. The Balaban J connectivity index is 2.29. The molecule has 88 valence electrons. The van der Waals surface area contributed by atoms with Gasteiger partial charge in [-0.05, 0) is 20.3 Å². The smallest absolute Gasteiger partial charge is 0.242 e. The largest absolute Gasteiger partial charge is 0.379 e. The fraction of sp³-hybridized carbons (Fsp3) is 0.900. The van der Waals surface area contributed by atoms with Crippen LogP contribution < -0.4 is 11.1 Å². The van der Waals surface area contributed by atoms with E-state index in [0.29, 0.717) is 32.8 Å². The standard InChI is InChI=1S/C10H20N2O3/c1-3-15-8(2)6-12-9(13)10(11)4-5-14-7-10/h8H,3-7,11H2,1-2H3,(H,12,13). The molecule has 0 aromatic rings. The van der Waals surface area contributed by atoms with Crippen molar-refractivity contribution in [1.29, 1.82) is 0 Å². The van der Waals surface area contributed by atoms with E-state index in [9.17, 15) is 4.79 Å². The highest BCUT2D eigenvalue weighted by Crippen LogP contribution is 2.15. The molecule has 0 radical (unpaired) electrons. The van der Waals surface area contributed by atoms with E-state index in [4.69, 9.17) is 15.2 Å². The van der Waals surface area contributed by atoms with Crippen molar-refractivity contribution < 1.29 is 14.3 Å². The molecule has 15 heavy (non-hydrogen) atoms. The van der Waals surface area contributed by atoms with Crippen molar-refractivity contribution in [1.82, 2.24) is 5.32 Å². The Morgan fingerprint density at radius 2 is 2.47 bits per heavy atom. The molecule has 2 atom stereocenters. The first kappa shape index (κ1) is 12.4. The summed E-state index contributed by atoms with van der Waals surface area (Å²) in [6.07, 6.45) is 0.604. The Bertz CT molecular complexity index is 215. The number of ether oxygens (including phenoxy) is 2. The van der Waals surface area contributed by atoms with Gasteiger partial charge < -0.3 is 20.5 Å². The normalized spacial score (nSPS) is 27.7. The van der Waals surface area contributed by atoms with Crippen molar-refractivity contribution in [2.24, 2.45) is 5.73 Å². The molecule has 5 nitrogen and oxygen atoms in total. The third-order valence-corrected chi connectivity index (χ3v) is 2.51. The van der Waals surface area contributed by atoms with Crippen LogP contribution in [0.15, 0.2) is 0 Å². The van der Waals surface area contributed by atoms with Crippen LogP contribution in [0.25, 0.3) is 0 Å². The Morgan fingerprint density at radius 3 is 3.00 bits per heavy atom. The number of hydrogen-bond acceptors (Lipinski definition) is 4. The van der Waals surface area contributed by atoms with Gasteiger partial charge in [-0.3, -0.25) is 4.79 Å². The third kappa shape index (κ3) is 3.44. The summed E-state index contributed by atoms with van der Waals surface area (Å²) in [6.45, 7) is 5.85. The highest BCUT2D eigenvalue weighted by molar-refractivity contribution is 5.86. The van der Waals surface area contributed by atoms with E-state index in [1.165, 1.54) is 0 Å². The van der Waals surface area contributed by atoms with Crippen molar-refractivity contribution >= 4 is 5.91 Å². The highest BCUT2D eigenvalue weighted by Gasteiger charge is 2.38. The highest BCUT2D eigenvalue weighted by atomic mass is 16.5. The van der Waals surface area contributed by atoms with Gasteiger partial charge in [0.15, 0.2) is 0 Å². The van der Waals surface area contributed by atoms with E-state index in [-0.39, 0.29) is 12.0 Å². The molecule has 0 aromatic heterocycles. The second-order valence-corrected chi connectivity index (χ2v) is 3.93. The number of carbonyl (C=O) groups is 1. The molecule has 1 aliphatic heterocycles. The predicted molar refractivity (Wildman–Crippen MR) is 56.5 cm³/mol. The van der Waals surface area contributed by atoms with E-state index in [1.807, 2.05) is 13.8 Å². The Kier molecular flexibility index (Phi) is 4.50.